The summed E-state index contributed by atoms with van der Waals surface area (Å²) in [7, 11) is 0. The van der Waals surface area contributed by atoms with Crippen LogP contribution in [0.5, 0.6) is 11.5 Å². The van der Waals surface area contributed by atoms with Gasteiger partial charge in [-0.1, -0.05) is 54.7 Å². The molecule has 26 heavy (non-hydrogen) atoms. The molecule has 1 aromatic heterocycles. The van der Waals surface area contributed by atoms with Gasteiger partial charge in [0.2, 0.25) is 0 Å². The number of aromatic amines is 1. The summed E-state index contributed by atoms with van der Waals surface area (Å²) in [6, 6.07) is 15.6. The molecule has 0 fully saturated rings. The number of aromatic nitrogens is 3. The number of aromatic hydroxyl groups is 2. The van der Waals surface area contributed by atoms with Gasteiger partial charge in [0.1, 0.15) is 22.9 Å². The Bertz CT molecular complexity index is 1200. The monoisotopic (exact) mass is 363 g/mol. The lowest BCUT2D eigenvalue weighted by atomic mass is 10.0. The fraction of sp³-hybridized carbons (Fsp3) is 0.100. The van der Waals surface area contributed by atoms with Crippen LogP contribution in [0.4, 0.5) is 0 Å². The summed E-state index contributed by atoms with van der Waals surface area (Å²) in [6.45, 7) is 3.45. The van der Waals surface area contributed by atoms with Gasteiger partial charge in [0.15, 0.2) is 4.64 Å². The molecule has 0 bridgehead atoms. The summed E-state index contributed by atoms with van der Waals surface area (Å²) in [6.07, 6.45) is 0. The molecule has 1 heterocycles. The lowest BCUT2D eigenvalue weighted by Crippen LogP contribution is -2.01. The lowest BCUT2D eigenvalue weighted by molar-refractivity contribution is 0.439. The summed E-state index contributed by atoms with van der Waals surface area (Å²) in [5.74, 6) is 0.0239. The Balaban J connectivity index is 1.97. The Kier molecular flexibility index (Phi) is 3.77. The number of hydrogen-bond donors (Lipinski definition) is 3. The minimum Gasteiger partial charge on any atom is -0.508 e. The van der Waals surface area contributed by atoms with E-state index in [2.05, 4.69) is 10.3 Å². The zero-order valence-electron chi connectivity index (χ0n) is 14.3. The minimum atomic E-state index is -0.0216. The third-order valence-electron chi connectivity index (χ3n) is 4.63. The number of phenols is 2. The van der Waals surface area contributed by atoms with Crippen molar-refractivity contribution in [2.24, 2.45) is 0 Å². The fourth-order valence-corrected chi connectivity index (χ4v) is 3.50. The first kappa shape index (κ1) is 16.4. The Morgan fingerprint density at radius 3 is 2.58 bits per heavy atom. The zero-order valence-corrected chi connectivity index (χ0v) is 15.1. The molecule has 0 saturated carbocycles. The molecule has 0 aliphatic carbocycles. The molecule has 3 N–H and O–H groups in total. The average molecular weight is 363 g/mol. The van der Waals surface area contributed by atoms with E-state index in [0.717, 1.165) is 16.3 Å². The Morgan fingerprint density at radius 2 is 1.77 bits per heavy atom. The second kappa shape index (κ2) is 6.00. The molecule has 0 saturated heterocycles. The van der Waals surface area contributed by atoms with Crippen molar-refractivity contribution in [3.05, 3.63) is 64.3 Å². The number of benzene rings is 3. The molecule has 0 unspecified atom stereocenters. The molecule has 0 atom stereocenters. The Labute approximate surface area is 155 Å². The summed E-state index contributed by atoms with van der Waals surface area (Å²) in [5, 5.41) is 29.9. The van der Waals surface area contributed by atoms with E-state index in [9.17, 15) is 10.2 Å². The molecule has 0 spiro atoms. The molecule has 5 nitrogen and oxygen atoms in total. The van der Waals surface area contributed by atoms with Crippen LogP contribution in [0.1, 0.15) is 11.1 Å². The van der Waals surface area contributed by atoms with Crippen molar-refractivity contribution in [3.8, 4) is 28.4 Å². The normalized spacial score (nSPS) is 11.2. The van der Waals surface area contributed by atoms with Crippen molar-refractivity contribution in [2.45, 2.75) is 13.8 Å². The lowest BCUT2D eigenvalue weighted by Gasteiger charge is -2.12. The van der Waals surface area contributed by atoms with Crippen molar-refractivity contribution in [1.82, 2.24) is 15.0 Å². The second-order valence-corrected chi connectivity index (χ2v) is 6.65. The number of rotatable bonds is 2. The number of phenolic OH excluding ortho intramolecular Hbond substituents is 2. The number of nitrogens with zero attached hydrogens (tertiary/aromatic N) is 2. The zero-order chi connectivity index (χ0) is 18.4. The van der Waals surface area contributed by atoms with Crippen molar-refractivity contribution in [2.75, 3.05) is 0 Å². The number of hydrogen-bond acceptors (Lipinski definition) is 4. The van der Waals surface area contributed by atoms with E-state index in [-0.39, 0.29) is 11.5 Å². The molecule has 0 amide bonds. The maximum atomic E-state index is 10.5. The van der Waals surface area contributed by atoms with Gasteiger partial charge in [0, 0.05) is 11.1 Å². The highest BCUT2D eigenvalue weighted by atomic mass is 32.1. The summed E-state index contributed by atoms with van der Waals surface area (Å²) in [5.41, 5.74) is 3.14. The number of nitrogens with one attached hydrogen (secondary N) is 1. The van der Waals surface area contributed by atoms with Crippen LogP contribution < -0.4 is 0 Å². The largest absolute Gasteiger partial charge is 0.508 e. The summed E-state index contributed by atoms with van der Waals surface area (Å²) >= 11 is 5.64. The summed E-state index contributed by atoms with van der Waals surface area (Å²) < 4.78 is 2.04. The first-order valence-corrected chi connectivity index (χ1v) is 8.58. The van der Waals surface area contributed by atoms with Crippen LogP contribution in [0.2, 0.25) is 0 Å². The maximum Gasteiger partial charge on any atom is 0.156 e. The predicted molar refractivity (Wildman–Crippen MR) is 104 cm³/mol. The van der Waals surface area contributed by atoms with E-state index in [1.54, 1.807) is 24.6 Å². The minimum absolute atomic E-state index is 0.0216. The summed E-state index contributed by atoms with van der Waals surface area (Å²) in [4.78, 5) is 0. The van der Waals surface area contributed by atoms with Crippen LogP contribution in [0.15, 0.2) is 48.5 Å². The van der Waals surface area contributed by atoms with Crippen molar-refractivity contribution >= 4 is 23.0 Å². The maximum absolute atomic E-state index is 10.5. The van der Waals surface area contributed by atoms with Gasteiger partial charge < -0.3 is 10.2 Å². The molecular weight excluding hydrogens is 346 g/mol. The van der Waals surface area contributed by atoms with Crippen LogP contribution >= 0.6 is 12.2 Å². The molecule has 4 rings (SSSR count). The highest BCUT2D eigenvalue weighted by molar-refractivity contribution is 7.71. The fourth-order valence-electron chi connectivity index (χ4n) is 3.21. The topological polar surface area (TPSA) is 74.1 Å². The molecule has 6 heteroatoms. The molecule has 130 valence electrons. The second-order valence-electron chi connectivity index (χ2n) is 6.26. The van der Waals surface area contributed by atoms with Crippen LogP contribution in [0.25, 0.3) is 27.7 Å². The van der Waals surface area contributed by atoms with Gasteiger partial charge in [-0.2, -0.15) is 5.10 Å². The van der Waals surface area contributed by atoms with Crippen molar-refractivity contribution < 1.29 is 10.2 Å². The van der Waals surface area contributed by atoms with E-state index in [0.29, 0.717) is 27.1 Å². The van der Waals surface area contributed by atoms with Crippen LogP contribution in [-0.2, 0) is 0 Å². The molecule has 0 aliphatic heterocycles. The molecule has 0 aliphatic rings. The van der Waals surface area contributed by atoms with Gasteiger partial charge in [-0.3, -0.25) is 0 Å². The molecular formula is C20H17N3O2S. The Morgan fingerprint density at radius 1 is 1.04 bits per heavy atom. The van der Waals surface area contributed by atoms with E-state index in [1.807, 2.05) is 42.5 Å². The predicted octanol–water partition coefficient (Wildman–Crippen LogP) is 4.78. The van der Waals surface area contributed by atoms with Gasteiger partial charge in [-0.15, -0.1) is 0 Å². The van der Waals surface area contributed by atoms with Crippen LogP contribution in [0.3, 0.4) is 0 Å². The standard InChI is InChI=1S/C20H17N3O2S/c1-11-10-16(24)12(2)19(25)18(11)23-20(26)17(21-22-23)15-9-5-7-13-6-3-4-8-14(13)15/h3-10,22,24-25H,1-2H3. The smallest absolute Gasteiger partial charge is 0.156 e. The SMILES string of the molecule is Cc1cc(O)c(C)c(O)c1-n1[nH]nc(-c2cccc3ccccc23)c1=S. The molecule has 0 radical (unpaired) electrons. The van der Waals surface area contributed by atoms with Crippen molar-refractivity contribution in [3.63, 3.8) is 0 Å². The van der Waals surface area contributed by atoms with Crippen LogP contribution in [0, 0.1) is 18.5 Å². The highest BCUT2D eigenvalue weighted by Gasteiger charge is 2.18. The average Bonchev–Trinajstić information content (AvgIpc) is 3.00. The van der Waals surface area contributed by atoms with Crippen molar-refractivity contribution in [1.29, 1.82) is 0 Å². The third kappa shape index (κ3) is 2.38. The quantitative estimate of drug-likeness (QED) is 0.448. The number of H-pyrrole nitrogens is 1. The highest BCUT2D eigenvalue weighted by Crippen LogP contribution is 2.36. The van der Waals surface area contributed by atoms with E-state index < -0.39 is 0 Å². The molecule has 4 aromatic rings. The van der Waals surface area contributed by atoms with Gasteiger partial charge in [0.05, 0.1) is 0 Å². The number of aryl methyl sites for hydroxylation is 1. The van der Waals surface area contributed by atoms with E-state index in [1.165, 1.54) is 0 Å². The third-order valence-corrected chi connectivity index (χ3v) is 5.00. The van der Waals surface area contributed by atoms with E-state index >= 15 is 0 Å². The van der Waals surface area contributed by atoms with Gasteiger partial charge >= 0.3 is 0 Å². The van der Waals surface area contributed by atoms with Crippen LogP contribution in [-0.4, -0.2) is 25.2 Å². The first-order chi connectivity index (χ1) is 12.5. The van der Waals surface area contributed by atoms with Gasteiger partial charge in [0.25, 0.3) is 0 Å². The van der Waals surface area contributed by atoms with Gasteiger partial charge in [-0.05, 0) is 36.2 Å². The Hall–Kier alpha value is -3.12. The molecule has 3 aromatic carbocycles. The number of fused-ring (bicyclic) bond motifs is 1. The first-order valence-electron chi connectivity index (χ1n) is 8.17. The van der Waals surface area contributed by atoms with E-state index in [4.69, 9.17) is 12.2 Å². The van der Waals surface area contributed by atoms with Gasteiger partial charge in [-0.25, -0.2) is 9.90 Å².